The van der Waals surface area contributed by atoms with Gasteiger partial charge in [0.15, 0.2) is 6.61 Å². The maximum Gasteiger partial charge on any atom is 0.378 e. The van der Waals surface area contributed by atoms with Gasteiger partial charge < -0.3 is 14.0 Å². The Morgan fingerprint density at radius 3 is 2.55 bits per heavy atom. The van der Waals surface area contributed by atoms with Crippen molar-refractivity contribution in [1.29, 1.82) is 0 Å². The minimum absolute atomic E-state index is 0.121. The van der Waals surface area contributed by atoms with E-state index >= 15 is 0 Å². The summed E-state index contributed by atoms with van der Waals surface area (Å²) in [5.74, 6) is -0.822. The molecule has 0 aliphatic carbocycles. The molecule has 0 unspecified atom stereocenters. The molecule has 0 bridgehead atoms. The van der Waals surface area contributed by atoms with Gasteiger partial charge in [0.2, 0.25) is 5.78 Å². The predicted octanol–water partition coefficient (Wildman–Crippen LogP) is 2.24. The van der Waals surface area contributed by atoms with Crippen LogP contribution in [0.5, 0.6) is 0 Å². The molecule has 3 aromatic rings. The topological polar surface area (TPSA) is 101 Å². The number of carbonyl (C=O) groups excluding carboxylic acids is 2. The first-order valence-corrected chi connectivity index (χ1v) is 9.38. The van der Waals surface area contributed by atoms with E-state index in [1.165, 1.54) is 4.52 Å². The Labute approximate surface area is 168 Å². The van der Waals surface area contributed by atoms with E-state index in [1.807, 2.05) is 39.8 Å². The molecule has 9 nitrogen and oxygen atoms in total. The molecule has 154 valence electrons. The van der Waals surface area contributed by atoms with Crippen LogP contribution >= 0.6 is 0 Å². The Bertz CT molecular complexity index is 1070. The number of aryl methyl sites for hydroxylation is 3. The number of ether oxygens (including phenoxy) is 2. The van der Waals surface area contributed by atoms with Crippen LogP contribution in [0.15, 0.2) is 12.1 Å². The zero-order valence-corrected chi connectivity index (χ0v) is 17.4. The van der Waals surface area contributed by atoms with Crippen molar-refractivity contribution >= 4 is 17.5 Å². The number of hydrogen-bond acceptors (Lipinski definition) is 7. The van der Waals surface area contributed by atoms with E-state index in [4.69, 9.17) is 9.47 Å². The minimum Gasteiger partial charge on any atom is -0.451 e. The highest BCUT2D eigenvalue weighted by Crippen LogP contribution is 2.17. The molecule has 0 radical (unpaired) electrons. The number of fused-ring (bicyclic) bond motifs is 1. The van der Waals surface area contributed by atoms with E-state index in [1.54, 1.807) is 7.11 Å². The van der Waals surface area contributed by atoms with Crippen molar-refractivity contribution in [2.45, 2.75) is 40.7 Å². The van der Waals surface area contributed by atoms with E-state index in [2.05, 4.69) is 19.6 Å². The molecule has 3 aromatic heterocycles. The third-order valence-corrected chi connectivity index (χ3v) is 4.74. The number of aromatic nitrogens is 5. The summed E-state index contributed by atoms with van der Waals surface area (Å²) in [6.45, 7) is 8.55. The summed E-state index contributed by atoms with van der Waals surface area (Å²) in [6.07, 6.45) is 0.849. The Balaban J connectivity index is 1.68. The Kier molecular flexibility index (Phi) is 6.07. The molecule has 0 aliphatic rings. The Hall–Kier alpha value is -3.07. The number of nitrogens with zero attached hydrogens (tertiary/aromatic N) is 5. The summed E-state index contributed by atoms with van der Waals surface area (Å²) < 4.78 is 13.8. The van der Waals surface area contributed by atoms with Gasteiger partial charge in [0.25, 0.3) is 11.6 Å². The summed E-state index contributed by atoms with van der Waals surface area (Å²) >= 11 is 0. The van der Waals surface area contributed by atoms with Crippen LogP contribution in [0.1, 0.15) is 50.2 Å². The van der Waals surface area contributed by atoms with Crippen molar-refractivity contribution in [1.82, 2.24) is 24.1 Å². The Morgan fingerprint density at radius 2 is 1.83 bits per heavy atom. The number of hydrogen-bond donors (Lipinski definition) is 0. The Morgan fingerprint density at radius 1 is 1.07 bits per heavy atom. The van der Waals surface area contributed by atoms with Crippen molar-refractivity contribution in [3.8, 4) is 0 Å². The fraction of sp³-hybridized carbons (Fsp3) is 0.450. The minimum atomic E-state index is -0.755. The van der Waals surface area contributed by atoms with Crippen molar-refractivity contribution in [3.05, 3.63) is 46.3 Å². The molecule has 29 heavy (non-hydrogen) atoms. The number of carbonyl (C=O) groups is 2. The number of esters is 1. The van der Waals surface area contributed by atoms with Gasteiger partial charge in [-0.05, 0) is 46.2 Å². The van der Waals surface area contributed by atoms with Gasteiger partial charge in [0, 0.05) is 48.6 Å². The lowest BCUT2D eigenvalue weighted by molar-refractivity contribution is 0.0462. The number of Topliss-reactive ketones (excluding diaryl/α,β-unsaturated/α-hetero) is 1. The maximum atomic E-state index is 12.6. The fourth-order valence-electron chi connectivity index (χ4n) is 3.32. The van der Waals surface area contributed by atoms with Crippen molar-refractivity contribution < 1.29 is 19.1 Å². The second kappa shape index (κ2) is 8.52. The van der Waals surface area contributed by atoms with Crippen molar-refractivity contribution in [2.24, 2.45) is 0 Å². The van der Waals surface area contributed by atoms with Crippen LogP contribution in [0.25, 0.3) is 5.78 Å². The molecule has 0 atom stereocenters. The summed E-state index contributed by atoms with van der Waals surface area (Å²) in [6, 6.07) is 3.65. The first-order chi connectivity index (χ1) is 13.8. The lowest BCUT2D eigenvalue weighted by Gasteiger charge is -2.09. The van der Waals surface area contributed by atoms with Crippen LogP contribution in [-0.4, -0.2) is 56.2 Å². The molecular weight excluding hydrogens is 374 g/mol. The third-order valence-electron chi connectivity index (χ3n) is 4.74. The van der Waals surface area contributed by atoms with E-state index in [0.717, 1.165) is 35.7 Å². The van der Waals surface area contributed by atoms with Gasteiger partial charge in [0.1, 0.15) is 0 Å². The average Bonchev–Trinajstić information content (AvgIpc) is 3.22. The molecular formula is C20H25N5O4. The second-order valence-corrected chi connectivity index (χ2v) is 6.97. The molecule has 0 fully saturated rings. The summed E-state index contributed by atoms with van der Waals surface area (Å²) in [7, 11) is 1.66. The first-order valence-electron chi connectivity index (χ1n) is 9.38. The van der Waals surface area contributed by atoms with E-state index < -0.39 is 5.97 Å². The van der Waals surface area contributed by atoms with Gasteiger partial charge in [-0.3, -0.25) is 4.79 Å². The van der Waals surface area contributed by atoms with Crippen LogP contribution in [0.2, 0.25) is 0 Å². The SMILES string of the molecule is COCCCn1c(C)cc(C(=O)COC(=O)c2nc3nc(C)cc(C)n3n2)c1C. The van der Waals surface area contributed by atoms with E-state index in [-0.39, 0.29) is 18.2 Å². The molecule has 0 saturated carbocycles. The van der Waals surface area contributed by atoms with E-state index in [9.17, 15) is 9.59 Å². The molecule has 0 saturated heterocycles. The molecule has 0 aliphatic heterocycles. The molecule has 0 N–H and O–H groups in total. The third kappa shape index (κ3) is 4.34. The first kappa shape index (κ1) is 20.7. The molecule has 3 heterocycles. The normalized spacial score (nSPS) is 11.2. The summed E-state index contributed by atoms with van der Waals surface area (Å²) in [5.41, 5.74) is 3.95. The lowest BCUT2D eigenvalue weighted by atomic mass is 10.1. The summed E-state index contributed by atoms with van der Waals surface area (Å²) in [4.78, 5) is 33.3. The van der Waals surface area contributed by atoms with Crippen LogP contribution in [0.3, 0.4) is 0 Å². The monoisotopic (exact) mass is 399 g/mol. The number of ketones is 1. The van der Waals surface area contributed by atoms with Gasteiger partial charge >= 0.3 is 5.97 Å². The van der Waals surface area contributed by atoms with Crippen LogP contribution < -0.4 is 0 Å². The average molecular weight is 399 g/mol. The highest BCUT2D eigenvalue weighted by Gasteiger charge is 2.20. The fourth-order valence-corrected chi connectivity index (χ4v) is 3.32. The van der Waals surface area contributed by atoms with Gasteiger partial charge in [-0.1, -0.05) is 0 Å². The number of rotatable bonds is 8. The molecule has 0 spiro atoms. The molecule has 3 rings (SSSR count). The largest absolute Gasteiger partial charge is 0.451 e. The van der Waals surface area contributed by atoms with Gasteiger partial charge in [-0.2, -0.15) is 4.98 Å². The van der Waals surface area contributed by atoms with E-state index in [0.29, 0.717) is 17.9 Å². The zero-order chi connectivity index (χ0) is 21.1. The quantitative estimate of drug-likeness (QED) is 0.325. The molecule has 0 aromatic carbocycles. The van der Waals surface area contributed by atoms with Crippen LogP contribution in [0, 0.1) is 27.7 Å². The van der Waals surface area contributed by atoms with Crippen molar-refractivity contribution in [3.63, 3.8) is 0 Å². The standard InChI is InChI=1S/C20H25N5O4/c1-12-9-14(3)25-20(21-12)22-18(23-25)19(27)29-11-17(26)16-10-13(2)24(15(16)4)7-6-8-28-5/h9-10H,6-8,11H2,1-5H3. The van der Waals surface area contributed by atoms with Gasteiger partial charge in [0.05, 0.1) is 0 Å². The van der Waals surface area contributed by atoms with Crippen LogP contribution in [0.4, 0.5) is 0 Å². The van der Waals surface area contributed by atoms with Gasteiger partial charge in [-0.25, -0.2) is 14.3 Å². The highest BCUT2D eigenvalue weighted by atomic mass is 16.5. The molecule has 9 heteroatoms. The highest BCUT2D eigenvalue weighted by molar-refractivity contribution is 6.00. The maximum absolute atomic E-state index is 12.6. The number of methoxy groups -OCH3 is 1. The van der Waals surface area contributed by atoms with Crippen molar-refractivity contribution in [2.75, 3.05) is 20.3 Å². The molecule has 0 amide bonds. The lowest BCUT2D eigenvalue weighted by Crippen LogP contribution is -2.16. The van der Waals surface area contributed by atoms with Crippen LogP contribution in [-0.2, 0) is 16.0 Å². The second-order valence-electron chi connectivity index (χ2n) is 6.97. The predicted molar refractivity (Wildman–Crippen MR) is 105 cm³/mol. The summed E-state index contributed by atoms with van der Waals surface area (Å²) in [5, 5.41) is 4.12. The van der Waals surface area contributed by atoms with Gasteiger partial charge in [-0.15, -0.1) is 5.10 Å². The smallest absolute Gasteiger partial charge is 0.378 e. The zero-order valence-electron chi connectivity index (χ0n) is 17.4.